The van der Waals surface area contributed by atoms with Crippen molar-refractivity contribution < 1.29 is 9.90 Å². The fourth-order valence-electron chi connectivity index (χ4n) is 0.731. The Balaban J connectivity index is 4.59. The minimum atomic E-state index is -0.264. The third kappa shape index (κ3) is 3.23. The van der Waals surface area contributed by atoms with Crippen LogP contribution in [0.25, 0.3) is 0 Å². The largest absolute Gasteiger partial charge is 0.512 e. The first-order valence-electron chi connectivity index (χ1n) is 3.92. The summed E-state index contributed by atoms with van der Waals surface area (Å²) in [5, 5.41) is 11.6. The van der Waals surface area contributed by atoms with E-state index in [9.17, 15) is 4.79 Å². The fraction of sp³-hybridized carbons (Fsp3) is 0.444. The van der Waals surface area contributed by atoms with Crippen molar-refractivity contribution in [2.75, 3.05) is 7.05 Å². The molecule has 0 bridgehead atoms. The number of carbonyl (C=O) groups excluding carboxylic acids is 1. The standard InChI is InChI=1S/C9H15NO2/c1-4-5-6-8(7(2)11)9(12)10-3/h5-6,11H,4H2,1-3H3,(H,10,12)/b6-5-,8-7-. The lowest BCUT2D eigenvalue weighted by atomic mass is 10.2. The van der Waals surface area contributed by atoms with Gasteiger partial charge in [0, 0.05) is 7.05 Å². The van der Waals surface area contributed by atoms with Crippen molar-refractivity contribution in [1.82, 2.24) is 5.32 Å². The maximum Gasteiger partial charge on any atom is 0.254 e. The van der Waals surface area contributed by atoms with E-state index in [0.29, 0.717) is 5.57 Å². The van der Waals surface area contributed by atoms with Crippen molar-refractivity contribution in [3.8, 4) is 0 Å². The van der Waals surface area contributed by atoms with E-state index >= 15 is 0 Å². The monoisotopic (exact) mass is 169 g/mol. The van der Waals surface area contributed by atoms with Crippen LogP contribution in [0.2, 0.25) is 0 Å². The number of allylic oxidation sites excluding steroid dienone is 2. The van der Waals surface area contributed by atoms with Gasteiger partial charge in [-0.3, -0.25) is 4.79 Å². The molecule has 2 N–H and O–H groups in total. The lowest BCUT2D eigenvalue weighted by Gasteiger charge is -2.00. The molecule has 0 spiro atoms. The molecule has 0 aliphatic carbocycles. The zero-order chi connectivity index (χ0) is 9.56. The Labute approximate surface area is 72.8 Å². The van der Waals surface area contributed by atoms with Crippen LogP contribution in [-0.2, 0) is 4.79 Å². The maximum atomic E-state index is 11.1. The van der Waals surface area contributed by atoms with Crippen molar-refractivity contribution in [2.24, 2.45) is 0 Å². The Morgan fingerprint density at radius 2 is 2.17 bits per heavy atom. The number of hydrogen-bond donors (Lipinski definition) is 2. The SMILES string of the molecule is CC/C=C\C(C(=O)NC)=C(/C)O. The van der Waals surface area contributed by atoms with Gasteiger partial charge in [-0.1, -0.05) is 19.1 Å². The first-order chi connectivity index (χ1) is 5.63. The maximum absolute atomic E-state index is 11.1. The molecule has 0 radical (unpaired) electrons. The van der Waals surface area contributed by atoms with Crippen LogP contribution in [-0.4, -0.2) is 18.1 Å². The van der Waals surface area contributed by atoms with Gasteiger partial charge >= 0.3 is 0 Å². The second-order valence-corrected chi connectivity index (χ2v) is 2.39. The van der Waals surface area contributed by atoms with E-state index < -0.39 is 0 Å². The Bertz CT molecular complexity index is 213. The first kappa shape index (κ1) is 10.8. The highest BCUT2D eigenvalue weighted by atomic mass is 16.3. The van der Waals surface area contributed by atoms with Crippen LogP contribution in [0.4, 0.5) is 0 Å². The summed E-state index contributed by atoms with van der Waals surface area (Å²) in [4.78, 5) is 11.1. The normalized spacial score (nSPS) is 12.9. The minimum absolute atomic E-state index is 0.0408. The second-order valence-electron chi connectivity index (χ2n) is 2.39. The molecule has 0 heterocycles. The molecule has 0 aliphatic heterocycles. The molecule has 68 valence electrons. The van der Waals surface area contributed by atoms with Gasteiger partial charge in [-0.25, -0.2) is 0 Å². The van der Waals surface area contributed by atoms with Crippen molar-refractivity contribution in [3.05, 3.63) is 23.5 Å². The number of nitrogens with one attached hydrogen (secondary N) is 1. The van der Waals surface area contributed by atoms with E-state index in [1.807, 2.05) is 13.0 Å². The summed E-state index contributed by atoms with van der Waals surface area (Å²) in [5.41, 5.74) is 0.319. The summed E-state index contributed by atoms with van der Waals surface area (Å²) in [6.07, 6.45) is 4.28. The molecule has 0 aromatic heterocycles. The van der Waals surface area contributed by atoms with Gasteiger partial charge in [-0.2, -0.15) is 0 Å². The minimum Gasteiger partial charge on any atom is -0.512 e. The van der Waals surface area contributed by atoms with Gasteiger partial charge in [0.1, 0.15) is 5.76 Å². The van der Waals surface area contributed by atoms with E-state index in [-0.39, 0.29) is 11.7 Å². The van der Waals surface area contributed by atoms with Crippen LogP contribution >= 0.6 is 0 Å². The number of likely N-dealkylation sites (N-methyl/N-ethyl adjacent to an activating group) is 1. The summed E-state index contributed by atoms with van der Waals surface area (Å²) in [6, 6.07) is 0. The number of carbonyl (C=O) groups is 1. The highest BCUT2D eigenvalue weighted by Gasteiger charge is 2.06. The summed E-state index contributed by atoms with van der Waals surface area (Å²) in [6.45, 7) is 3.45. The molecule has 0 aromatic rings. The van der Waals surface area contributed by atoms with Crippen molar-refractivity contribution in [3.63, 3.8) is 0 Å². The van der Waals surface area contributed by atoms with Gasteiger partial charge in [0.25, 0.3) is 5.91 Å². The fourth-order valence-corrected chi connectivity index (χ4v) is 0.731. The number of rotatable bonds is 3. The summed E-state index contributed by atoms with van der Waals surface area (Å²) < 4.78 is 0. The Hall–Kier alpha value is -1.25. The van der Waals surface area contributed by atoms with Crippen molar-refractivity contribution in [2.45, 2.75) is 20.3 Å². The zero-order valence-corrected chi connectivity index (χ0v) is 7.72. The summed E-state index contributed by atoms with van der Waals surface area (Å²) >= 11 is 0. The molecule has 0 aromatic carbocycles. The van der Waals surface area contributed by atoms with Crippen LogP contribution in [0, 0.1) is 0 Å². The zero-order valence-electron chi connectivity index (χ0n) is 7.72. The molecular formula is C9H15NO2. The quantitative estimate of drug-likeness (QED) is 0.382. The molecule has 3 nitrogen and oxygen atoms in total. The van der Waals surface area contributed by atoms with Crippen molar-refractivity contribution in [1.29, 1.82) is 0 Å². The molecule has 0 unspecified atom stereocenters. The molecule has 0 aliphatic rings. The van der Waals surface area contributed by atoms with Crippen LogP contribution in [0.3, 0.4) is 0 Å². The van der Waals surface area contributed by atoms with Gasteiger partial charge in [-0.15, -0.1) is 0 Å². The molecule has 1 amide bonds. The van der Waals surface area contributed by atoms with E-state index in [2.05, 4.69) is 5.32 Å². The molecule has 0 saturated heterocycles. The van der Waals surface area contributed by atoms with Crippen LogP contribution in [0.1, 0.15) is 20.3 Å². The topological polar surface area (TPSA) is 49.3 Å². The average Bonchev–Trinajstić information content (AvgIpc) is 2.04. The molecule has 3 heteroatoms. The van der Waals surface area contributed by atoms with Crippen LogP contribution in [0.15, 0.2) is 23.5 Å². The lowest BCUT2D eigenvalue weighted by molar-refractivity contribution is -0.116. The third-order valence-electron chi connectivity index (χ3n) is 1.38. The summed E-state index contributed by atoms with van der Waals surface area (Å²) in [5.74, 6) is -0.223. The third-order valence-corrected chi connectivity index (χ3v) is 1.38. The predicted molar refractivity (Wildman–Crippen MR) is 48.8 cm³/mol. The van der Waals surface area contributed by atoms with Gasteiger partial charge < -0.3 is 10.4 Å². The molecule has 0 atom stereocenters. The van der Waals surface area contributed by atoms with Gasteiger partial charge in [0.15, 0.2) is 0 Å². The molecule has 0 rings (SSSR count). The Kier molecular flexibility index (Phi) is 4.84. The van der Waals surface area contributed by atoms with Crippen LogP contribution < -0.4 is 5.32 Å². The number of hydrogen-bond acceptors (Lipinski definition) is 2. The second kappa shape index (κ2) is 5.41. The molecule has 12 heavy (non-hydrogen) atoms. The first-order valence-corrected chi connectivity index (χ1v) is 3.92. The molecular weight excluding hydrogens is 154 g/mol. The van der Waals surface area contributed by atoms with E-state index in [0.717, 1.165) is 6.42 Å². The number of aliphatic hydroxyl groups is 1. The number of amides is 1. The summed E-state index contributed by atoms with van der Waals surface area (Å²) in [7, 11) is 1.53. The highest BCUT2D eigenvalue weighted by Crippen LogP contribution is 2.03. The average molecular weight is 169 g/mol. The predicted octanol–water partition coefficient (Wildman–Crippen LogP) is 1.53. The van der Waals surface area contributed by atoms with Gasteiger partial charge in [0.05, 0.1) is 5.57 Å². The van der Waals surface area contributed by atoms with E-state index in [1.54, 1.807) is 6.08 Å². The Morgan fingerprint density at radius 3 is 2.50 bits per heavy atom. The Morgan fingerprint density at radius 1 is 1.58 bits per heavy atom. The smallest absolute Gasteiger partial charge is 0.254 e. The lowest BCUT2D eigenvalue weighted by Crippen LogP contribution is -2.20. The molecule has 0 fully saturated rings. The van der Waals surface area contributed by atoms with Gasteiger partial charge in [-0.05, 0) is 13.3 Å². The van der Waals surface area contributed by atoms with Crippen molar-refractivity contribution >= 4 is 5.91 Å². The number of aliphatic hydroxyl groups excluding tert-OH is 1. The van der Waals surface area contributed by atoms with E-state index in [4.69, 9.17) is 5.11 Å². The van der Waals surface area contributed by atoms with Gasteiger partial charge in [0.2, 0.25) is 0 Å². The molecule has 0 saturated carbocycles. The highest BCUT2D eigenvalue weighted by molar-refractivity contribution is 5.96. The van der Waals surface area contributed by atoms with E-state index in [1.165, 1.54) is 14.0 Å². The van der Waals surface area contributed by atoms with Crippen LogP contribution in [0.5, 0.6) is 0 Å².